The van der Waals surface area contributed by atoms with Crippen LogP contribution in [0.4, 0.5) is 10.5 Å². The molecule has 156 valence electrons. The largest absolute Gasteiger partial charge is 0.497 e. The van der Waals surface area contributed by atoms with Gasteiger partial charge < -0.3 is 15.4 Å². The molecule has 0 bridgehead atoms. The lowest BCUT2D eigenvalue weighted by atomic mass is 10.2. The highest BCUT2D eigenvalue weighted by Crippen LogP contribution is 2.29. The monoisotopic (exact) mass is 433 g/mol. The molecule has 4 rings (SSSR count). The number of imide groups is 1. The molecule has 3 aromatic rings. The summed E-state index contributed by atoms with van der Waals surface area (Å²) < 4.78 is 5.07. The van der Waals surface area contributed by atoms with Crippen LogP contribution in [-0.4, -0.2) is 36.4 Å². The number of amides is 4. The molecule has 2 N–H and O–H groups in total. The number of methoxy groups -OCH3 is 1. The molecule has 1 aliphatic heterocycles. The van der Waals surface area contributed by atoms with Gasteiger partial charge in [-0.2, -0.15) is 0 Å². The number of urea groups is 1. The number of ether oxygens (including phenoxy) is 1. The Morgan fingerprint density at radius 2 is 1.81 bits per heavy atom. The third-order valence-corrected chi connectivity index (χ3v) is 5.69. The predicted molar refractivity (Wildman–Crippen MR) is 120 cm³/mol. The molecule has 1 saturated heterocycles. The zero-order valence-electron chi connectivity index (χ0n) is 16.6. The Balaban J connectivity index is 1.42. The Kier molecular flexibility index (Phi) is 5.81. The third-order valence-electron chi connectivity index (χ3n) is 4.61. The Morgan fingerprint density at radius 3 is 2.52 bits per heavy atom. The molecule has 2 heterocycles. The van der Waals surface area contributed by atoms with Crippen LogP contribution in [0.5, 0.6) is 5.75 Å². The quantitative estimate of drug-likeness (QED) is 0.455. The van der Waals surface area contributed by atoms with Crippen molar-refractivity contribution in [1.29, 1.82) is 0 Å². The van der Waals surface area contributed by atoms with Crippen molar-refractivity contribution in [3.8, 4) is 16.2 Å². The van der Waals surface area contributed by atoms with Gasteiger partial charge in [0.1, 0.15) is 18.0 Å². The van der Waals surface area contributed by atoms with E-state index in [9.17, 15) is 14.4 Å². The van der Waals surface area contributed by atoms with E-state index in [0.29, 0.717) is 11.4 Å². The number of nitrogens with one attached hydrogen (secondary N) is 2. The standard InChI is InChI=1S/C23H19N3O4S/c1-30-17-9-7-16(8-10-17)24-21(27)14-26-22(28)19(25-23(26)29)13-18-11-12-20(31-18)15-5-3-2-4-6-15/h2-13H,14H2,1H3,(H,24,27)(H,25,29)/b19-13-. The van der Waals surface area contributed by atoms with E-state index < -0.39 is 17.8 Å². The van der Waals surface area contributed by atoms with Crippen LogP contribution in [0.15, 0.2) is 72.4 Å². The molecular weight excluding hydrogens is 414 g/mol. The summed E-state index contributed by atoms with van der Waals surface area (Å²) in [4.78, 5) is 40.0. The predicted octanol–water partition coefficient (Wildman–Crippen LogP) is 3.96. The molecule has 1 aromatic heterocycles. The maximum atomic E-state index is 12.7. The average molecular weight is 433 g/mol. The lowest BCUT2D eigenvalue weighted by Crippen LogP contribution is -2.38. The Hall–Kier alpha value is -3.91. The first-order valence-electron chi connectivity index (χ1n) is 9.47. The van der Waals surface area contributed by atoms with E-state index in [4.69, 9.17) is 4.74 Å². The number of carbonyl (C=O) groups is 3. The SMILES string of the molecule is COc1ccc(NC(=O)CN2C(=O)N/C(=C\c3ccc(-c4ccccc4)s3)C2=O)cc1. The molecule has 7 nitrogen and oxygen atoms in total. The second kappa shape index (κ2) is 8.85. The summed E-state index contributed by atoms with van der Waals surface area (Å²) in [6, 6.07) is 19.9. The second-order valence-corrected chi connectivity index (χ2v) is 7.84. The minimum absolute atomic E-state index is 0.142. The zero-order valence-corrected chi connectivity index (χ0v) is 17.4. The second-order valence-electron chi connectivity index (χ2n) is 6.72. The summed E-state index contributed by atoms with van der Waals surface area (Å²) in [5.41, 5.74) is 1.76. The van der Waals surface area contributed by atoms with Gasteiger partial charge in [-0.1, -0.05) is 30.3 Å². The smallest absolute Gasteiger partial charge is 0.329 e. The van der Waals surface area contributed by atoms with Crippen molar-refractivity contribution < 1.29 is 19.1 Å². The van der Waals surface area contributed by atoms with Gasteiger partial charge in [0.2, 0.25) is 5.91 Å². The van der Waals surface area contributed by atoms with Gasteiger partial charge in [-0.15, -0.1) is 11.3 Å². The van der Waals surface area contributed by atoms with Crippen molar-refractivity contribution >= 4 is 40.9 Å². The van der Waals surface area contributed by atoms with Gasteiger partial charge in [0.05, 0.1) is 7.11 Å². The van der Waals surface area contributed by atoms with Crippen molar-refractivity contribution in [2.24, 2.45) is 0 Å². The van der Waals surface area contributed by atoms with Crippen LogP contribution >= 0.6 is 11.3 Å². The summed E-state index contributed by atoms with van der Waals surface area (Å²) >= 11 is 1.51. The molecule has 1 aliphatic rings. The van der Waals surface area contributed by atoms with Crippen LogP contribution in [0, 0.1) is 0 Å². The minimum atomic E-state index is -0.624. The highest BCUT2D eigenvalue weighted by molar-refractivity contribution is 7.16. The number of carbonyl (C=O) groups excluding carboxylic acids is 3. The van der Waals surface area contributed by atoms with Crippen molar-refractivity contribution in [3.63, 3.8) is 0 Å². The number of thiophene rings is 1. The van der Waals surface area contributed by atoms with Crippen molar-refractivity contribution in [2.75, 3.05) is 19.0 Å². The topological polar surface area (TPSA) is 87.7 Å². The Morgan fingerprint density at radius 1 is 1.06 bits per heavy atom. The van der Waals surface area contributed by atoms with Gasteiger partial charge in [-0.05, 0) is 48.0 Å². The molecule has 2 aromatic carbocycles. The van der Waals surface area contributed by atoms with Gasteiger partial charge in [-0.3, -0.25) is 9.59 Å². The van der Waals surface area contributed by atoms with Crippen LogP contribution in [0.2, 0.25) is 0 Å². The number of hydrogen-bond donors (Lipinski definition) is 2. The molecule has 4 amide bonds. The number of anilines is 1. The summed E-state index contributed by atoms with van der Waals surface area (Å²) in [5, 5.41) is 5.21. The summed E-state index contributed by atoms with van der Waals surface area (Å²) in [6.45, 7) is -0.381. The Bertz CT molecular complexity index is 1150. The van der Waals surface area contributed by atoms with Crippen molar-refractivity contribution in [2.45, 2.75) is 0 Å². The van der Waals surface area contributed by atoms with Gasteiger partial charge in [-0.25, -0.2) is 9.69 Å². The molecule has 0 aliphatic carbocycles. The molecule has 0 spiro atoms. The van der Waals surface area contributed by atoms with Gasteiger partial charge in [0.15, 0.2) is 0 Å². The van der Waals surface area contributed by atoms with E-state index in [1.807, 2.05) is 42.5 Å². The minimum Gasteiger partial charge on any atom is -0.497 e. The fraction of sp³-hybridized carbons (Fsp3) is 0.0870. The molecule has 0 unspecified atom stereocenters. The number of nitrogens with zero attached hydrogens (tertiary/aromatic N) is 1. The molecule has 31 heavy (non-hydrogen) atoms. The van der Waals surface area contributed by atoms with Crippen molar-refractivity contribution in [1.82, 2.24) is 10.2 Å². The third kappa shape index (κ3) is 4.65. The fourth-order valence-corrected chi connectivity index (χ4v) is 4.02. The molecule has 0 radical (unpaired) electrons. The number of rotatable bonds is 6. The fourth-order valence-electron chi connectivity index (χ4n) is 3.06. The number of hydrogen-bond acceptors (Lipinski definition) is 5. The van der Waals surface area contributed by atoms with Crippen LogP contribution in [0.25, 0.3) is 16.5 Å². The van der Waals surface area contributed by atoms with Crippen LogP contribution in [0.1, 0.15) is 4.88 Å². The highest BCUT2D eigenvalue weighted by atomic mass is 32.1. The molecule has 8 heteroatoms. The first kappa shape index (κ1) is 20.4. The van der Waals surface area contributed by atoms with E-state index in [1.165, 1.54) is 11.3 Å². The number of benzene rings is 2. The maximum absolute atomic E-state index is 12.7. The van der Waals surface area contributed by atoms with Gasteiger partial charge in [0, 0.05) is 15.4 Å². The van der Waals surface area contributed by atoms with Crippen LogP contribution in [0.3, 0.4) is 0 Å². The Labute approximate surface area is 183 Å². The summed E-state index contributed by atoms with van der Waals surface area (Å²) in [7, 11) is 1.55. The zero-order chi connectivity index (χ0) is 21.8. The van der Waals surface area contributed by atoms with E-state index >= 15 is 0 Å². The van der Waals surface area contributed by atoms with Gasteiger partial charge in [0.25, 0.3) is 5.91 Å². The lowest BCUT2D eigenvalue weighted by molar-refractivity contribution is -0.127. The normalized spacial score (nSPS) is 14.6. The van der Waals surface area contributed by atoms with Gasteiger partial charge >= 0.3 is 6.03 Å². The maximum Gasteiger partial charge on any atom is 0.329 e. The average Bonchev–Trinajstić information content (AvgIpc) is 3.35. The lowest BCUT2D eigenvalue weighted by Gasteiger charge is -2.12. The van der Waals surface area contributed by atoms with E-state index in [2.05, 4.69) is 10.6 Å². The molecule has 0 saturated carbocycles. The summed E-state index contributed by atoms with van der Waals surface area (Å²) in [6.07, 6.45) is 1.62. The van der Waals surface area contributed by atoms with Crippen LogP contribution < -0.4 is 15.4 Å². The molecule has 0 atom stereocenters. The first-order valence-corrected chi connectivity index (χ1v) is 10.3. The van der Waals surface area contributed by atoms with E-state index in [0.717, 1.165) is 20.2 Å². The summed E-state index contributed by atoms with van der Waals surface area (Å²) in [5.74, 6) is -0.354. The first-order chi connectivity index (χ1) is 15.0. The van der Waals surface area contributed by atoms with E-state index in [1.54, 1.807) is 37.5 Å². The molecular formula is C23H19N3O4S. The van der Waals surface area contributed by atoms with E-state index in [-0.39, 0.29) is 12.2 Å². The molecule has 1 fully saturated rings. The van der Waals surface area contributed by atoms with Crippen LogP contribution in [-0.2, 0) is 9.59 Å². The highest BCUT2D eigenvalue weighted by Gasteiger charge is 2.35. The van der Waals surface area contributed by atoms with Crippen molar-refractivity contribution in [3.05, 3.63) is 77.3 Å².